The van der Waals surface area contributed by atoms with E-state index in [-0.39, 0.29) is 5.91 Å². The van der Waals surface area contributed by atoms with E-state index in [0.29, 0.717) is 18.9 Å². The highest BCUT2D eigenvalue weighted by atomic mass is 16.3. The summed E-state index contributed by atoms with van der Waals surface area (Å²) >= 11 is 0. The first-order valence-corrected chi connectivity index (χ1v) is 6.50. The minimum atomic E-state index is -0.498. The summed E-state index contributed by atoms with van der Waals surface area (Å²) in [4.78, 5) is 11.6. The predicted octanol–water partition coefficient (Wildman–Crippen LogP) is 1.92. The quantitative estimate of drug-likeness (QED) is 0.809. The van der Waals surface area contributed by atoms with Gasteiger partial charge in [-0.15, -0.1) is 0 Å². The molecule has 0 saturated carbocycles. The first kappa shape index (κ1) is 14.7. The van der Waals surface area contributed by atoms with E-state index >= 15 is 0 Å². The number of aliphatic hydroxyl groups is 1. The van der Waals surface area contributed by atoms with E-state index in [1.165, 1.54) is 5.56 Å². The van der Waals surface area contributed by atoms with Crippen molar-refractivity contribution >= 4 is 5.91 Å². The second kappa shape index (κ2) is 7.17. The molecular formula is C15H23NO2. The Balaban J connectivity index is 2.45. The van der Waals surface area contributed by atoms with Crippen LogP contribution in [-0.4, -0.2) is 23.7 Å². The topological polar surface area (TPSA) is 49.3 Å². The van der Waals surface area contributed by atoms with E-state index in [0.717, 1.165) is 12.0 Å². The van der Waals surface area contributed by atoms with Crippen LogP contribution in [0.25, 0.3) is 0 Å². The lowest BCUT2D eigenvalue weighted by Crippen LogP contribution is -2.31. The van der Waals surface area contributed by atoms with Crippen LogP contribution >= 0.6 is 0 Å². The van der Waals surface area contributed by atoms with Crippen LogP contribution in [0.15, 0.2) is 24.3 Å². The van der Waals surface area contributed by atoms with Gasteiger partial charge >= 0.3 is 0 Å². The van der Waals surface area contributed by atoms with Crippen LogP contribution in [-0.2, 0) is 17.6 Å². The maximum atomic E-state index is 11.6. The van der Waals surface area contributed by atoms with Gasteiger partial charge in [0.1, 0.15) is 0 Å². The van der Waals surface area contributed by atoms with Crippen molar-refractivity contribution in [1.82, 2.24) is 5.32 Å². The monoisotopic (exact) mass is 249 g/mol. The Morgan fingerprint density at radius 3 is 2.22 bits per heavy atom. The van der Waals surface area contributed by atoms with Crippen LogP contribution in [0.2, 0.25) is 0 Å². The normalized spacial score (nSPS) is 12.5. The average Bonchev–Trinajstić information content (AvgIpc) is 2.28. The van der Waals surface area contributed by atoms with Gasteiger partial charge in [-0.25, -0.2) is 0 Å². The highest BCUT2D eigenvalue weighted by Gasteiger charge is 2.05. The minimum absolute atomic E-state index is 0.0486. The molecule has 1 amide bonds. The van der Waals surface area contributed by atoms with Crippen molar-refractivity contribution in [3.05, 3.63) is 35.4 Å². The fourth-order valence-corrected chi connectivity index (χ4v) is 1.77. The average molecular weight is 249 g/mol. The predicted molar refractivity (Wildman–Crippen MR) is 73.4 cm³/mol. The van der Waals surface area contributed by atoms with E-state index in [1.54, 1.807) is 6.92 Å². The molecule has 0 spiro atoms. The van der Waals surface area contributed by atoms with Crippen LogP contribution < -0.4 is 5.32 Å². The largest absolute Gasteiger partial charge is 0.392 e. The molecule has 2 N–H and O–H groups in total. The SMILES string of the molecule is CC(C)Cc1ccc(CC(=O)NCC(C)O)cc1. The molecule has 3 nitrogen and oxygen atoms in total. The number of amides is 1. The van der Waals surface area contributed by atoms with E-state index in [1.807, 2.05) is 12.1 Å². The molecule has 1 aromatic rings. The first-order chi connectivity index (χ1) is 8.47. The molecule has 0 aliphatic heterocycles. The second-order valence-corrected chi connectivity index (χ2v) is 5.24. The fourth-order valence-electron chi connectivity index (χ4n) is 1.77. The molecule has 18 heavy (non-hydrogen) atoms. The lowest BCUT2D eigenvalue weighted by atomic mass is 10.0. The Morgan fingerprint density at radius 1 is 1.17 bits per heavy atom. The van der Waals surface area contributed by atoms with Gasteiger partial charge in [-0.3, -0.25) is 4.79 Å². The second-order valence-electron chi connectivity index (χ2n) is 5.24. The summed E-state index contributed by atoms with van der Waals surface area (Å²) in [7, 11) is 0. The molecule has 100 valence electrons. The zero-order chi connectivity index (χ0) is 13.5. The number of rotatable bonds is 6. The lowest BCUT2D eigenvalue weighted by Gasteiger charge is -2.08. The Bertz CT molecular complexity index is 369. The molecule has 1 unspecified atom stereocenters. The van der Waals surface area contributed by atoms with E-state index in [4.69, 9.17) is 5.11 Å². The molecule has 1 atom stereocenters. The Hall–Kier alpha value is -1.35. The van der Waals surface area contributed by atoms with Gasteiger partial charge in [0.25, 0.3) is 0 Å². The van der Waals surface area contributed by atoms with Crippen LogP contribution in [0.5, 0.6) is 0 Å². The molecule has 0 saturated heterocycles. The van der Waals surface area contributed by atoms with Gasteiger partial charge in [-0.2, -0.15) is 0 Å². The number of benzene rings is 1. The van der Waals surface area contributed by atoms with Crippen molar-refractivity contribution in [3.63, 3.8) is 0 Å². The van der Waals surface area contributed by atoms with Gasteiger partial charge in [0, 0.05) is 6.54 Å². The van der Waals surface area contributed by atoms with Gasteiger partial charge in [0.2, 0.25) is 5.91 Å². The van der Waals surface area contributed by atoms with Crippen LogP contribution in [0, 0.1) is 5.92 Å². The molecule has 0 radical (unpaired) electrons. The van der Waals surface area contributed by atoms with E-state index in [2.05, 4.69) is 31.3 Å². The molecule has 1 aromatic carbocycles. The van der Waals surface area contributed by atoms with Crippen LogP contribution in [0.4, 0.5) is 0 Å². The number of aliphatic hydroxyl groups excluding tert-OH is 1. The smallest absolute Gasteiger partial charge is 0.224 e. The molecule has 0 aliphatic carbocycles. The standard InChI is InChI=1S/C15H23NO2/c1-11(2)8-13-4-6-14(7-5-13)9-15(18)16-10-12(3)17/h4-7,11-12,17H,8-10H2,1-3H3,(H,16,18). The first-order valence-electron chi connectivity index (χ1n) is 6.50. The van der Waals surface area contributed by atoms with Crippen LogP contribution in [0.3, 0.4) is 0 Å². The summed E-state index contributed by atoms with van der Waals surface area (Å²) in [6, 6.07) is 8.16. The van der Waals surface area contributed by atoms with Crippen molar-refractivity contribution in [2.24, 2.45) is 5.92 Å². The summed E-state index contributed by atoms with van der Waals surface area (Å²) in [5.41, 5.74) is 2.31. The van der Waals surface area contributed by atoms with Gasteiger partial charge in [-0.1, -0.05) is 38.1 Å². The maximum absolute atomic E-state index is 11.6. The summed E-state index contributed by atoms with van der Waals surface area (Å²) in [6.07, 6.45) is 0.936. The fraction of sp³-hybridized carbons (Fsp3) is 0.533. The summed E-state index contributed by atoms with van der Waals surface area (Å²) in [5, 5.41) is 11.8. The van der Waals surface area contributed by atoms with E-state index in [9.17, 15) is 4.79 Å². The minimum Gasteiger partial charge on any atom is -0.392 e. The molecule has 0 bridgehead atoms. The lowest BCUT2D eigenvalue weighted by molar-refractivity contribution is -0.120. The van der Waals surface area contributed by atoms with Crippen molar-refractivity contribution in [2.75, 3.05) is 6.54 Å². The van der Waals surface area contributed by atoms with Gasteiger partial charge in [0.15, 0.2) is 0 Å². The zero-order valence-corrected chi connectivity index (χ0v) is 11.4. The summed E-state index contributed by atoms with van der Waals surface area (Å²) in [6.45, 7) is 6.35. The number of hydrogen-bond donors (Lipinski definition) is 2. The van der Waals surface area contributed by atoms with Gasteiger partial charge < -0.3 is 10.4 Å². The Morgan fingerprint density at radius 2 is 1.72 bits per heavy atom. The molecule has 0 aromatic heterocycles. The van der Waals surface area contributed by atoms with Crippen molar-refractivity contribution in [1.29, 1.82) is 0 Å². The third-order valence-electron chi connectivity index (χ3n) is 2.63. The Kier molecular flexibility index (Phi) is 5.86. The highest BCUT2D eigenvalue weighted by Crippen LogP contribution is 2.10. The maximum Gasteiger partial charge on any atom is 0.224 e. The summed E-state index contributed by atoms with van der Waals surface area (Å²) < 4.78 is 0. The zero-order valence-electron chi connectivity index (χ0n) is 11.4. The third kappa shape index (κ3) is 5.82. The summed E-state index contributed by atoms with van der Waals surface area (Å²) in [5.74, 6) is 0.595. The molecule has 1 rings (SSSR count). The molecular weight excluding hydrogens is 226 g/mol. The van der Waals surface area contributed by atoms with Gasteiger partial charge in [0.05, 0.1) is 12.5 Å². The Labute approximate surface area is 109 Å². The third-order valence-corrected chi connectivity index (χ3v) is 2.63. The number of nitrogens with one attached hydrogen (secondary N) is 1. The van der Waals surface area contributed by atoms with Crippen molar-refractivity contribution in [2.45, 2.75) is 39.7 Å². The van der Waals surface area contributed by atoms with Crippen molar-refractivity contribution in [3.8, 4) is 0 Å². The molecule has 3 heteroatoms. The number of carbonyl (C=O) groups is 1. The number of hydrogen-bond acceptors (Lipinski definition) is 2. The highest BCUT2D eigenvalue weighted by molar-refractivity contribution is 5.78. The van der Waals surface area contributed by atoms with Crippen LogP contribution in [0.1, 0.15) is 31.9 Å². The molecule has 0 aliphatic rings. The van der Waals surface area contributed by atoms with E-state index < -0.39 is 6.10 Å². The molecule has 0 fully saturated rings. The van der Waals surface area contributed by atoms with Gasteiger partial charge in [-0.05, 0) is 30.4 Å². The van der Waals surface area contributed by atoms with Crippen molar-refractivity contribution < 1.29 is 9.90 Å². The molecule has 0 heterocycles. The number of carbonyl (C=O) groups excluding carboxylic acids is 1.